The second-order valence-corrected chi connectivity index (χ2v) is 6.39. The first-order chi connectivity index (χ1) is 10.0. The van der Waals surface area contributed by atoms with Gasteiger partial charge in [0.05, 0.1) is 36.9 Å². The lowest BCUT2D eigenvalue weighted by Crippen LogP contribution is -2.23. The lowest BCUT2D eigenvalue weighted by atomic mass is 10.2. The average molecular weight is 323 g/mol. The minimum atomic E-state index is -1.48. The van der Waals surface area contributed by atoms with Gasteiger partial charge >= 0.3 is 0 Å². The van der Waals surface area contributed by atoms with Gasteiger partial charge in [0.1, 0.15) is 0 Å². The number of rotatable bonds is 2. The molecule has 2 aromatic rings. The van der Waals surface area contributed by atoms with Crippen LogP contribution in [-0.4, -0.2) is 15.7 Å². The lowest BCUT2D eigenvalue weighted by molar-refractivity contribution is -0.385. The first kappa shape index (κ1) is 14.0. The maximum Gasteiger partial charge on any atom is 0.270 e. The molecule has 0 amide bonds. The number of anilines is 2. The van der Waals surface area contributed by atoms with Crippen LogP contribution in [0.5, 0.6) is 0 Å². The van der Waals surface area contributed by atoms with E-state index in [9.17, 15) is 14.3 Å². The van der Waals surface area contributed by atoms with Crippen molar-refractivity contribution in [3.63, 3.8) is 0 Å². The molecular weight excluding hydrogens is 312 g/mol. The molecule has 0 bridgehead atoms. The summed E-state index contributed by atoms with van der Waals surface area (Å²) in [6, 6.07) is 9.67. The SMILES string of the molecule is CCN1c2ccc(Cl)cc2S(=O)c2cc([N+](=O)[O-])ccc21. The summed E-state index contributed by atoms with van der Waals surface area (Å²) in [6.07, 6.45) is 0. The van der Waals surface area contributed by atoms with Gasteiger partial charge in [-0.05, 0) is 31.2 Å². The molecule has 21 heavy (non-hydrogen) atoms. The van der Waals surface area contributed by atoms with E-state index in [0.29, 0.717) is 21.4 Å². The molecule has 5 nitrogen and oxygen atoms in total. The molecule has 1 atom stereocenters. The Kier molecular flexibility index (Phi) is 3.43. The van der Waals surface area contributed by atoms with Crippen LogP contribution in [0.4, 0.5) is 17.1 Å². The van der Waals surface area contributed by atoms with E-state index in [1.54, 1.807) is 18.2 Å². The Bertz CT molecular complexity index is 779. The van der Waals surface area contributed by atoms with Gasteiger partial charge in [0.15, 0.2) is 0 Å². The minimum absolute atomic E-state index is 0.0661. The van der Waals surface area contributed by atoms with Gasteiger partial charge in [-0.3, -0.25) is 10.1 Å². The normalized spacial score (nSPS) is 16.3. The number of hydrogen-bond donors (Lipinski definition) is 0. The van der Waals surface area contributed by atoms with Crippen molar-refractivity contribution in [3.8, 4) is 0 Å². The van der Waals surface area contributed by atoms with Crippen LogP contribution >= 0.6 is 11.6 Å². The van der Waals surface area contributed by atoms with E-state index in [1.165, 1.54) is 12.1 Å². The maximum absolute atomic E-state index is 12.7. The molecule has 0 aliphatic carbocycles. The summed E-state index contributed by atoms with van der Waals surface area (Å²) in [4.78, 5) is 13.4. The van der Waals surface area contributed by atoms with Crippen molar-refractivity contribution in [2.24, 2.45) is 0 Å². The summed E-state index contributed by atoms with van der Waals surface area (Å²) < 4.78 is 12.7. The van der Waals surface area contributed by atoms with E-state index in [-0.39, 0.29) is 5.69 Å². The van der Waals surface area contributed by atoms with Gasteiger partial charge in [-0.2, -0.15) is 0 Å². The molecule has 1 unspecified atom stereocenters. The second-order valence-electron chi connectivity index (χ2n) is 4.53. The number of non-ortho nitro benzene ring substituents is 1. The molecule has 0 spiro atoms. The molecular formula is C14H11ClN2O3S. The standard InChI is InChI=1S/C14H11ClN2O3S/c1-2-16-11-5-3-9(15)7-13(11)21(20)14-8-10(17(18)19)4-6-12(14)16/h3-8H,2H2,1H3. The van der Waals surface area contributed by atoms with Gasteiger partial charge in [-0.1, -0.05) is 11.6 Å². The zero-order chi connectivity index (χ0) is 15.1. The highest BCUT2D eigenvalue weighted by molar-refractivity contribution is 7.85. The van der Waals surface area contributed by atoms with E-state index in [0.717, 1.165) is 11.4 Å². The van der Waals surface area contributed by atoms with Gasteiger partial charge in [-0.25, -0.2) is 4.21 Å². The Morgan fingerprint density at radius 3 is 2.43 bits per heavy atom. The monoisotopic (exact) mass is 322 g/mol. The predicted molar refractivity (Wildman–Crippen MR) is 81.9 cm³/mol. The number of hydrogen-bond acceptors (Lipinski definition) is 4. The van der Waals surface area contributed by atoms with E-state index in [1.807, 2.05) is 17.9 Å². The number of fused-ring (bicyclic) bond motifs is 2. The summed E-state index contributed by atoms with van der Waals surface area (Å²) in [5, 5.41) is 11.4. The first-order valence-electron chi connectivity index (χ1n) is 6.30. The maximum atomic E-state index is 12.7. The van der Waals surface area contributed by atoms with E-state index in [2.05, 4.69) is 0 Å². The number of halogens is 1. The summed E-state index contributed by atoms with van der Waals surface area (Å²) in [7, 11) is -1.48. The van der Waals surface area contributed by atoms with Crippen LogP contribution in [0.15, 0.2) is 46.2 Å². The van der Waals surface area contributed by atoms with Crippen molar-refractivity contribution in [1.82, 2.24) is 0 Å². The zero-order valence-electron chi connectivity index (χ0n) is 11.1. The Hall–Kier alpha value is -1.92. The molecule has 1 heterocycles. The van der Waals surface area contributed by atoms with Crippen LogP contribution in [0.1, 0.15) is 6.92 Å². The van der Waals surface area contributed by atoms with Crippen molar-refractivity contribution < 1.29 is 9.13 Å². The third-order valence-electron chi connectivity index (χ3n) is 3.37. The fourth-order valence-corrected chi connectivity index (χ4v) is 4.11. The van der Waals surface area contributed by atoms with Crippen molar-refractivity contribution in [2.45, 2.75) is 16.7 Å². The molecule has 2 aromatic carbocycles. The molecule has 0 aromatic heterocycles. The molecule has 1 aliphatic rings. The summed E-state index contributed by atoms with van der Waals surface area (Å²) in [6.45, 7) is 2.63. The Balaban J connectivity index is 2.25. The quantitative estimate of drug-likeness (QED) is 0.621. The van der Waals surface area contributed by atoms with Crippen LogP contribution in [0.25, 0.3) is 0 Å². The van der Waals surface area contributed by atoms with Crippen molar-refractivity contribution >= 4 is 39.5 Å². The number of benzene rings is 2. The fraction of sp³-hybridized carbons (Fsp3) is 0.143. The van der Waals surface area contributed by atoms with Gasteiger partial charge in [0, 0.05) is 23.7 Å². The average Bonchev–Trinajstić information content (AvgIpc) is 2.48. The van der Waals surface area contributed by atoms with Crippen LogP contribution in [0.3, 0.4) is 0 Å². The van der Waals surface area contributed by atoms with Crippen molar-refractivity contribution in [3.05, 3.63) is 51.5 Å². The van der Waals surface area contributed by atoms with E-state index >= 15 is 0 Å². The minimum Gasteiger partial charge on any atom is -0.340 e. The van der Waals surface area contributed by atoms with Gasteiger partial charge in [0.25, 0.3) is 5.69 Å². The molecule has 0 saturated carbocycles. The van der Waals surface area contributed by atoms with Crippen LogP contribution in [-0.2, 0) is 10.8 Å². The van der Waals surface area contributed by atoms with Crippen LogP contribution in [0.2, 0.25) is 5.02 Å². The lowest BCUT2D eigenvalue weighted by Gasteiger charge is -2.31. The Morgan fingerprint density at radius 2 is 1.81 bits per heavy atom. The highest BCUT2D eigenvalue weighted by atomic mass is 35.5. The third kappa shape index (κ3) is 2.20. The summed E-state index contributed by atoms with van der Waals surface area (Å²) in [5.41, 5.74) is 1.49. The molecule has 0 N–H and O–H groups in total. The largest absolute Gasteiger partial charge is 0.340 e. The predicted octanol–water partition coefficient (Wildman–Crippen LogP) is 3.89. The molecule has 7 heteroatoms. The van der Waals surface area contributed by atoms with Gasteiger partial charge in [-0.15, -0.1) is 0 Å². The molecule has 0 saturated heterocycles. The summed E-state index contributed by atoms with van der Waals surface area (Å²) >= 11 is 5.98. The van der Waals surface area contributed by atoms with Crippen LogP contribution < -0.4 is 4.90 Å². The number of nitrogens with zero attached hydrogens (tertiary/aromatic N) is 2. The number of nitro groups is 1. The highest BCUT2D eigenvalue weighted by Gasteiger charge is 2.29. The third-order valence-corrected chi connectivity index (χ3v) is 5.06. The van der Waals surface area contributed by atoms with Gasteiger partial charge in [0.2, 0.25) is 0 Å². The molecule has 1 aliphatic heterocycles. The molecule has 108 valence electrons. The smallest absolute Gasteiger partial charge is 0.270 e. The topological polar surface area (TPSA) is 63.5 Å². The second kappa shape index (κ2) is 5.13. The van der Waals surface area contributed by atoms with E-state index in [4.69, 9.17) is 11.6 Å². The highest BCUT2D eigenvalue weighted by Crippen LogP contribution is 2.43. The van der Waals surface area contributed by atoms with Gasteiger partial charge < -0.3 is 4.90 Å². The Morgan fingerprint density at radius 1 is 1.19 bits per heavy atom. The summed E-state index contributed by atoms with van der Waals surface area (Å²) in [5.74, 6) is 0. The molecule has 0 fully saturated rings. The number of nitro benzene ring substituents is 1. The van der Waals surface area contributed by atoms with E-state index < -0.39 is 15.7 Å². The fourth-order valence-electron chi connectivity index (χ4n) is 2.44. The first-order valence-corrected chi connectivity index (χ1v) is 7.83. The Labute approximate surface area is 128 Å². The van der Waals surface area contributed by atoms with Crippen molar-refractivity contribution in [1.29, 1.82) is 0 Å². The zero-order valence-corrected chi connectivity index (χ0v) is 12.6. The van der Waals surface area contributed by atoms with Crippen molar-refractivity contribution in [2.75, 3.05) is 11.4 Å². The molecule has 0 radical (unpaired) electrons. The van der Waals surface area contributed by atoms with Crippen LogP contribution in [0, 0.1) is 10.1 Å². The molecule has 3 rings (SSSR count).